The monoisotopic (exact) mass is 379 g/mol. The molecule has 28 heavy (non-hydrogen) atoms. The Hall–Kier alpha value is -2.86. The lowest BCUT2D eigenvalue weighted by atomic mass is 10.1. The van der Waals surface area contributed by atoms with E-state index in [9.17, 15) is 9.59 Å². The van der Waals surface area contributed by atoms with E-state index in [1.807, 2.05) is 37.3 Å². The number of anilines is 2. The van der Waals surface area contributed by atoms with Crippen LogP contribution in [-0.4, -0.2) is 55.5 Å². The molecule has 2 fully saturated rings. The third kappa shape index (κ3) is 3.60. The van der Waals surface area contributed by atoms with Crippen molar-refractivity contribution in [3.63, 3.8) is 0 Å². The smallest absolute Gasteiger partial charge is 0.251 e. The SMILES string of the molecule is CCOc1cccc(N2C(=O)C[C@H](N3CCN(c4ccccc4)CC3)C2=O)c1. The highest BCUT2D eigenvalue weighted by Crippen LogP contribution is 2.29. The molecule has 146 valence electrons. The molecule has 2 saturated heterocycles. The maximum Gasteiger partial charge on any atom is 0.251 e. The molecule has 4 rings (SSSR count). The maximum absolute atomic E-state index is 13.0. The van der Waals surface area contributed by atoms with E-state index in [0.717, 1.165) is 26.2 Å². The first kappa shape index (κ1) is 18.5. The van der Waals surface area contributed by atoms with Crippen molar-refractivity contribution in [2.24, 2.45) is 0 Å². The summed E-state index contributed by atoms with van der Waals surface area (Å²) in [5.41, 5.74) is 1.79. The van der Waals surface area contributed by atoms with E-state index in [2.05, 4.69) is 21.9 Å². The maximum atomic E-state index is 13.0. The van der Waals surface area contributed by atoms with Gasteiger partial charge >= 0.3 is 0 Å². The molecule has 2 heterocycles. The quantitative estimate of drug-likeness (QED) is 0.748. The number of piperazine rings is 1. The minimum Gasteiger partial charge on any atom is -0.494 e. The predicted octanol–water partition coefficient (Wildman–Crippen LogP) is 2.54. The minimum atomic E-state index is -0.374. The Bertz CT molecular complexity index is 847. The first-order chi connectivity index (χ1) is 13.7. The highest BCUT2D eigenvalue weighted by Gasteiger charge is 2.43. The molecule has 0 bridgehead atoms. The molecule has 6 heteroatoms. The van der Waals surface area contributed by atoms with Gasteiger partial charge < -0.3 is 9.64 Å². The van der Waals surface area contributed by atoms with Gasteiger partial charge in [0.05, 0.1) is 24.8 Å². The normalized spacial score (nSPS) is 20.7. The molecular weight excluding hydrogens is 354 g/mol. The van der Waals surface area contributed by atoms with Crippen LogP contribution >= 0.6 is 0 Å². The van der Waals surface area contributed by atoms with Crippen LogP contribution in [0.2, 0.25) is 0 Å². The zero-order valence-electron chi connectivity index (χ0n) is 16.1. The molecule has 6 nitrogen and oxygen atoms in total. The van der Waals surface area contributed by atoms with Crippen LogP contribution in [0.1, 0.15) is 13.3 Å². The van der Waals surface area contributed by atoms with Crippen molar-refractivity contribution in [3.8, 4) is 5.75 Å². The number of amides is 2. The van der Waals surface area contributed by atoms with Gasteiger partial charge in [0.2, 0.25) is 5.91 Å². The number of rotatable bonds is 5. The second-order valence-corrected chi connectivity index (χ2v) is 7.08. The summed E-state index contributed by atoms with van der Waals surface area (Å²) in [5, 5.41) is 0. The van der Waals surface area contributed by atoms with Gasteiger partial charge in [0.15, 0.2) is 0 Å². The second kappa shape index (κ2) is 8.02. The summed E-state index contributed by atoms with van der Waals surface area (Å²) in [5.74, 6) is 0.390. The van der Waals surface area contributed by atoms with Crippen molar-refractivity contribution in [3.05, 3.63) is 54.6 Å². The van der Waals surface area contributed by atoms with Crippen molar-refractivity contribution in [2.45, 2.75) is 19.4 Å². The molecule has 0 aromatic heterocycles. The van der Waals surface area contributed by atoms with Crippen LogP contribution in [0.4, 0.5) is 11.4 Å². The van der Waals surface area contributed by atoms with Gasteiger partial charge in [-0.25, -0.2) is 4.90 Å². The molecule has 0 aliphatic carbocycles. The Labute approximate surface area is 165 Å². The largest absolute Gasteiger partial charge is 0.494 e. The topological polar surface area (TPSA) is 53.1 Å². The molecule has 0 radical (unpaired) electrons. The molecule has 2 amide bonds. The van der Waals surface area contributed by atoms with Crippen molar-refractivity contribution in [1.29, 1.82) is 0 Å². The number of imide groups is 1. The van der Waals surface area contributed by atoms with Crippen molar-refractivity contribution < 1.29 is 14.3 Å². The summed E-state index contributed by atoms with van der Waals surface area (Å²) < 4.78 is 5.51. The van der Waals surface area contributed by atoms with Crippen molar-refractivity contribution in [1.82, 2.24) is 4.90 Å². The number of para-hydroxylation sites is 1. The van der Waals surface area contributed by atoms with Gasteiger partial charge in [0.1, 0.15) is 5.75 Å². The van der Waals surface area contributed by atoms with Crippen LogP contribution in [-0.2, 0) is 9.59 Å². The molecular formula is C22H25N3O3. The third-order valence-electron chi connectivity index (χ3n) is 5.39. The lowest BCUT2D eigenvalue weighted by Crippen LogP contribution is -2.52. The van der Waals surface area contributed by atoms with Crippen LogP contribution in [0, 0.1) is 0 Å². The van der Waals surface area contributed by atoms with Gasteiger partial charge in [-0.05, 0) is 31.2 Å². The van der Waals surface area contributed by atoms with Crippen LogP contribution < -0.4 is 14.5 Å². The molecule has 0 N–H and O–H groups in total. The molecule has 1 atom stereocenters. The fraction of sp³-hybridized carbons (Fsp3) is 0.364. The van der Waals surface area contributed by atoms with E-state index in [1.165, 1.54) is 10.6 Å². The molecule has 2 aliphatic rings. The van der Waals surface area contributed by atoms with E-state index < -0.39 is 0 Å². The van der Waals surface area contributed by atoms with Crippen LogP contribution in [0.3, 0.4) is 0 Å². The second-order valence-electron chi connectivity index (χ2n) is 7.08. The molecule has 0 spiro atoms. The average molecular weight is 379 g/mol. The Balaban J connectivity index is 1.44. The van der Waals surface area contributed by atoms with Crippen molar-refractivity contribution in [2.75, 3.05) is 42.6 Å². The van der Waals surface area contributed by atoms with Crippen LogP contribution in [0.15, 0.2) is 54.6 Å². The summed E-state index contributed by atoms with van der Waals surface area (Å²) in [6, 6.07) is 17.1. The molecule has 0 saturated carbocycles. The van der Waals surface area contributed by atoms with Gasteiger partial charge in [0, 0.05) is 37.9 Å². The van der Waals surface area contributed by atoms with E-state index in [-0.39, 0.29) is 24.3 Å². The van der Waals surface area contributed by atoms with E-state index in [4.69, 9.17) is 4.74 Å². The zero-order valence-corrected chi connectivity index (χ0v) is 16.1. The highest BCUT2D eigenvalue weighted by atomic mass is 16.5. The number of carbonyl (C=O) groups is 2. The standard InChI is InChI=1S/C22H25N3O3/c1-2-28-19-10-6-9-18(15-19)25-21(26)16-20(22(25)27)24-13-11-23(12-14-24)17-7-4-3-5-8-17/h3-10,15,20H,2,11-14,16H2,1H3/t20-/m0/s1. The number of benzene rings is 2. The average Bonchev–Trinajstić information content (AvgIpc) is 3.03. The number of ether oxygens (including phenoxy) is 1. The van der Waals surface area contributed by atoms with Gasteiger partial charge in [-0.3, -0.25) is 14.5 Å². The van der Waals surface area contributed by atoms with Crippen LogP contribution in [0.5, 0.6) is 5.75 Å². The first-order valence-corrected chi connectivity index (χ1v) is 9.81. The zero-order chi connectivity index (χ0) is 19.5. The van der Waals surface area contributed by atoms with E-state index >= 15 is 0 Å². The summed E-state index contributed by atoms with van der Waals surface area (Å²) >= 11 is 0. The fourth-order valence-electron chi connectivity index (χ4n) is 3.98. The molecule has 0 unspecified atom stereocenters. The van der Waals surface area contributed by atoms with Crippen LogP contribution in [0.25, 0.3) is 0 Å². The van der Waals surface area contributed by atoms with Crippen molar-refractivity contribution >= 4 is 23.2 Å². The molecule has 2 aromatic carbocycles. The Morgan fingerprint density at radius 3 is 2.36 bits per heavy atom. The molecule has 2 aromatic rings. The third-order valence-corrected chi connectivity index (χ3v) is 5.39. The Kier molecular flexibility index (Phi) is 5.30. The van der Waals surface area contributed by atoms with Gasteiger partial charge in [-0.2, -0.15) is 0 Å². The lowest BCUT2D eigenvalue weighted by Gasteiger charge is -2.38. The summed E-state index contributed by atoms with van der Waals surface area (Å²) in [6.45, 7) is 5.68. The number of nitrogens with zero attached hydrogens (tertiary/aromatic N) is 3. The van der Waals surface area contributed by atoms with Gasteiger partial charge in [-0.1, -0.05) is 24.3 Å². The molecule has 2 aliphatic heterocycles. The van der Waals surface area contributed by atoms with E-state index in [0.29, 0.717) is 18.0 Å². The summed E-state index contributed by atoms with van der Waals surface area (Å²) in [6.07, 6.45) is 0.239. The summed E-state index contributed by atoms with van der Waals surface area (Å²) in [7, 11) is 0. The number of hydrogen-bond acceptors (Lipinski definition) is 5. The highest BCUT2D eigenvalue weighted by molar-refractivity contribution is 6.22. The minimum absolute atomic E-state index is 0.133. The Morgan fingerprint density at radius 1 is 0.929 bits per heavy atom. The van der Waals surface area contributed by atoms with Gasteiger partial charge in [-0.15, -0.1) is 0 Å². The lowest BCUT2D eigenvalue weighted by molar-refractivity contribution is -0.123. The fourth-order valence-corrected chi connectivity index (χ4v) is 3.98. The number of hydrogen-bond donors (Lipinski definition) is 0. The van der Waals surface area contributed by atoms with E-state index in [1.54, 1.807) is 12.1 Å². The van der Waals surface area contributed by atoms with Gasteiger partial charge in [0.25, 0.3) is 5.91 Å². The first-order valence-electron chi connectivity index (χ1n) is 9.81. The number of carbonyl (C=O) groups excluding carboxylic acids is 2. The Morgan fingerprint density at radius 2 is 1.64 bits per heavy atom. The predicted molar refractivity (Wildman–Crippen MR) is 109 cm³/mol. The summed E-state index contributed by atoms with van der Waals surface area (Å²) in [4.78, 5) is 31.4.